The number of hydrogen-bond acceptors (Lipinski definition) is 4. The molecule has 2 rings (SSSR count). The highest BCUT2D eigenvalue weighted by molar-refractivity contribution is 7.80. The summed E-state index contributed by atoms with van der Waals surface area (Å²) in [6, 6.07) is 0. The number of aromatic nitrogens is 2. The van der Waals surface area contributed by atoms with Gasteiger partial charge in [0, 0.05) is 12.0 Å². The van der Waals surface area contributed by atoms with E-state index < -0.39 is 0 Å². The first-order valence-electron chi connectivity index (χ1n) is 5.19. The second-order valence-electron chi connectivity index (χ2n) is 3.78. The van der Waals surface area contributed by atoms with Crippen molar-refractivity contribution >= 4 is 29.7 Å². The van der Waals surface area contributed by atoms with Crippen molar-refractivity contribution in [3.63, 3.8) is 0 Å². The molecule has 1 atom stereocenters. The van der Waals surface area contributed by atoms with Gasteiger partial charge in [-0.1, -0.05) is 5.92 Å². The number of rotatable bonds is 3. The van der Waals surface area contributed by atoms with Crippen LogP contribution in [-0.4, -0.2) is 34.2 Å². The molecule has 0 aliphatic carbocycles. The summed E-state index contributed by atoms with van der Waals surface area (Å²) in [5.74, 6) is 3.04. The SMILES string of the molecule is C#CCOCC1Cc2c(C)nn(C(N)=S)c2O1.Cl. The summed E-state index contributed by atoms with van der Waals surface area (Å²) in [6.45, 7) is 2.65. The molecule has 1 aromatic heterocycles. The van der Waals surface area contributed by atoms with Crippen molar-refractivity contribution in [3.8, 4) is 18.2 Å². The molecule has 0 fully saturated rings. The van der Waals surface area contributed by atoms with Crippen molar-refractivity contribution in [1.29, 1.82) is 0 Å². The molecule has 7 heteroatoms. The summed E-state index contributed by atoms with van der Waals surface area (Å²) in [4.78, 5) is 0. The Morgan fingerprint density at radius 1 is 1.78 bits per heavy atom. The summed E-state index contributed by atoms with van der Waals surface area (Å²) in [5.41, 5.74) is 7.48. The number of fused-ring (bicyclic) bond motifs is 1. The fourth-order valence-electron chi connectivity index (χ4n) is 1.81. The van der Waals surface area contributed by atoms with Crippen LogP contribution in [0.4, 0.5) is 0 Å². The minimum absolute atomic E-state index is 0. The molecule has 0 saturated carbocycles. The van der Waals surface area contributed by atoms with Crippen LogP contribution in [0, 0.1) is 19.3 Å². The third-order valence-electron chi connectivity index (χ3n) is 2.55. The lowest BCUT2D eigenvalue weighted by Crippen LogP contribution is -2.25. The summed E-state index contributed by atoms with van der Waals surface area (Å²) in [5, 5.41) is 4.40. The van der Waals surface area contributed by atoms with Gasteiger partial charge in [0.25, 0.3) is 0 Å². The number of terminal acetylenes is 1. The van der Waals surface area contributed by atoms with Crippen molar-refractivity contribution in [3.05, 3.63) is 11.3 Å². The summed E-state index contributed by atoms with van der Waals surface area (Å²) < 4.78 is 12.4. The normalized spacial score (nSPS) is 16.3. The molecule has 0 spiro atoms. The monoisotopic (exact) mass is 287 g/mol. The van der Waals surface area contributed by atoms with E-state index in [0.29, 0.717) is 12.5 Å². The predicted octanol–water partition coefficient (Wildman–Crippen LogP) is 0.658. The molecule has 0 saturated heterocycles. The van der Waals surface area contributed by atoms with Crippen LogP contribution in [0.5, 0.6) is 5.88 Å². The Hall–Kier alpha value is -1.29. The van der Waals surface area contributed by atoms with Gasteiger partial charge in [-0.3, -0.25) is 0 Å². The van der Waals surface area contributed by atoms with Crippen LogP contribution in [0.3, 0.4) is 0 Å². The van der Waals surface area contributed by atoms with Crippen LogP contribution >= 0.6 is 24.6 Å². The van der Waals surface area contributed by atoms with E-state index in [1.165, 1.54) is 4.68 Å². The number of thiocarbonyl (C=S) groups is 1. The van der Waals surface area contributed by atoms with E-state index in [4.69, 9.17) is 33.8 Å². The van der Waals surface area contributed by atoms with Gasteiger partial charge in [0.2, 0.25) is 5.88 Å². The summed E-state index contributed by atoms with van der Waals surface area (Å²) in [7, 11) is 0. The van der Waals surface area contributed by atoms with Gasteiger partial charge >= 0.3 is 0 Å². The van der Waals surface area contributed by atoms with Crippen LogP contribution in [0.1, 0.15) is 11.3 Å². The van der Waals surface area contributed by atoms with Gasteiger partial charge in [-0.25, -0.2) is 0 Å². The standard InChI is InChI=1S/C11H13N3O2S.ClH/c1-3-4-15-6-8-5-9-7(2)13-14(11(12)17)10(9)16-8;/h1,8H,4-6H2,2H3,(H2,12,17);1H. The van der Waals surface area contributed by atoms with Gasteiger partial charge in [-0.05, 0) is 19.1 Å². The van der Waals surface area contributed by atoms with Crippen LogP contribution in [0.15, 0.2) is 0 Å². The molecule has 18 heavy (non-hydrogen) atoms. The van der Waals surface area contributed by atoms with E-state index in [1.54, 1.807) is 0 Å². The number of hydrogen-bond donors (Lipinski definition) is 1. The van der Waals surface area contributed by atoms with Crippen molar-refractivity contribution in [2.24, 2.45) is 5.73 Å². The molecule has 98 valence electrons. The maximum absolute atomic E-state index is 5.71. The molecule has 2 N–H and O–H groups in total. The Morgan fingerprint density at radius 3 is 3.11 bits per heavy atom. The number of nitrogens with two attached hydrogens (primary N) is 1. The predicted molar refractivity (Wildman–Crippen MR) is 74.2 cm³/mol. The smallest absolute Gasteiger partial charge is 0.222 e. The van der Waals surface area contributed by atoms with Crippen molar-refractivity contribution in [2.75, 3.05) is 13.2 Å². The molecular weight excluding hydrogens is 274 g/mol. The van der Waals surface area contributed by atoms with Gasteiger partial charge in [0.05, 0.1) is 12.3 Å². The number of halogens is 1. The lowest BCUT2D eigenvalue weighted by Gasteiger charge is -2.11. The highest BCUT2D eigenvalue weighted by Gasteiger charge is 2.30. The molecule has 1 aromatic rings. The van der Waals surface area contributed by atoms with E-state index in [0.717, 1.165) is 17.7 Å². The van der Waals surface area contributed by atoms with E-state index in [9.17, 15) is 0 Å². The second-order valence-corrected chi connectivity index (χ2v) is 4.20. The summed E-state index contributed by atoms with van der Waals surface area (Å²) >= 11 is 4.90. The lowest BCUT2D eigenvalue weighted by atomic mass is 10.1. The molecule has 1 aliphatic rings. The van der Waals surface area contributed by atoms with Crippen LogP contribution in [0.25, 0.3) is 0 Å². The molecule has 5 nitrogen and oxygen atoms in total. The van der Waals surface area contributed by atoms with E-state index >= 15 is 0 Å². The lowest BCUT2D eigenvalue weighted by molar-refractivity contribution is 0.0750. The molecule has 1 unspecified atom stereocenters. The molecule has 1 aliphatic heterocycles. The molecule has 0 bridgehead atoms. The van der Waals surface area contributed by atoms with Gasteiger partial charge in [0.1, 0.15) is 12.7 Å². The van der Waals surface area contributed by atoms with Crippen LogP contribution in [0.2, 0.25) is 0 Å². The maximum atomic E-state index is 5.71. The topological polar surface area (TPSA) is 62.3 Å². The van der Waals surface area contributed by atoms with Gasteiger partial charge < -0.3 is 15.2 Å². The summed E-state index contributed by atoms with van der Waals surface area (Å²) in [6.07, 6.45) is 5.80. The molecule has 0 aromatic carbocycles. The van der Waals surface area contributed by atoms with Gasteiger partial charge in [0.15, 0.2) is 5.11 Å². The molecule has 0 radical (unpaired) electrons. The highest BCUT2D eigenvalue weighted by atomic mass is 35.5. The third-order valence-corrected chi connectivity index (χ3v) is 2.72. The number of aryl methyl sites for hydroxylation is 1. The highest BCUT2D eigenvalue weighted by Crippen LogP contribution is 2.31. The van der Waals surface area contributed by atoms with Crippen LogP contribution < -0.4 is 10.5 Å². The van der Waals surface area contributed by atoms with E-state index in [-0.39, 0.29) is 30.2 Å². The van der Waals surface area contributed by atoms with E-state index in [1.807, 2.05) is 6.92 Å². The largest absolute Gasteiger partial charge is 0.471 e. The Kier molecular flexibility index (Phi) is 4.96. The zero-order valence-corrected chi connectivity index (χ0v) is 11.5. The van der Waals surface area contributed by atoms with Crippen LogP contribution in [-0.2, 0) is 11.2 Å². The molecule has 2 heterocycles. The zero-order chi connectivity index (χ0) is 12.4. The fraction of sp³-hybridized carbons (Fsp3) is 0.455. The fourth-order valence-corrected chi connectivity index (χ4v) is 1.94. The van der Waals surface area contributed by atoms with Crippen molar-refractivity contribution < 1.29 is 9.47 Å². The molecule has 0 amide bonds. The average Bonchev–Trinajstić information content (AvgIpc) is 2.80. The maximum Gasteiger partial charge on any atom is 0.222 e. The van der Waals surface area contributed by atoms with Crippen molar-refractivity contribution in [1.82, 2.24) is 9.78 Å². The quantitative estimate of drug-likeness (QED) is 0.503. The zero-order valence-electron chi connectivity index (χ0n) is 9.88. The Morgan fingerprint density at radius 2 is 2.50 bits per heavy atom. The first kappa shape index (κ1) is 14.8. The van der Waals surface area contributed by atoms with Gasteiger partial charge in [-0.15, -0.1) is 18.8 Å². The molecular formula is C11H14ClN3O2S. The Bertz CT molecular complexity index is 495. The van der Waals surface area contributed by atoms with Crippen molar-refractivity contribution in [2.45, 2.75) is 19.4 Å². The van der Waals surface area contributed by atoms with Gasteiger partial charge in [-0.2, -0.15) is 9.78 Å². The number of ether oxygens (including phenoxy) is 2. The first-order chi connectivity index (χ1) is 8.13. The second kappa shape index (κ2) is 6.05. The Balaban J connectivity index is 0.00000162. The minimum Gasteiger partial charge on any atom is -0.471 e. The first-order valence-corrected chi connectivity index (χ1v) is 5.60. The number of nitrogens with zero attached hydrogens (tertiary/aromatic N) is 2. The average molecular weight is 288 g/mol. The van der Waals surface area contributed by atoms with E-state index in [2.05, 4.69) is 11.0 Å². The third kappa shape index (κ3) is 2.75. The minimum atomic E-state index is -0.0457. The Labute approximate surface area is 117 Å².